The molecular formula is C20H23FN2O2. The highest BCUT2D eigenvalue weighted by Crippen LogP contribution is 2.25. The van der Waals surface area contributed by atoms with E-state index in [2.05, 4.69) is 22.8 Å². The molecule has 2 aromatic carbocycles. The Morgan fingerprint density at radius 1 is 1.04 bits per heavy atom. The lowest BCUT2D eigenvalue weighted by atomic mass is 9.92. The van der Waals surface area contributed by atoms with Crippen molar-refractivity contribution in [3.8, 4) is 5.75 Å². The predicted molar refractivity (Wildman–Crippen MR) is 95.2 cm³/mol. The molecular weight excluding hydrogens is 319 g/mol. The second kappa shape index (κ2) is 8.51. The van der Waals surface area contributed by atoms with E-state index in [1.165, 1.54) is 30.0 Å². The molecule has 4 nitrogen and oxygen atoms in total. The Hall–Kier alpha value is -2.56. The molecule has 2 amide bonds. The zero-order valence-electron chi connectivity index (χ0n) is 14.2. The van der Waals surface area contributed by atoms with E-state index in [1.54, 1.807) is 18.2 Å². The molecule has 2 aromatic rings. The Labute approximate surface area is 147 Å². The SMILES string of the molecule is O=C(NCCOc1ccc2c(c1)CCCC2)NCc1ccccc1F. The van der Waals surface area contributed by atoms with Crippen molar-refractivity contribution in [1.29, 1.82) is 0 Å². The fourth-order valence-corrected chi connectivity index (χ4v) is 3.01. The summed E-state index contributed by atoms with van der Waals surface area (Å²) in [6.07, 6.45) is 4.77. The van der Waals surface area contributed by atoms with Crippen LogP contribution in [0.1, 0.15) is 29.5 Å². The molecule has 0 bridgehead atoms. The summed E-state index contributed by atoms with van der Waals surface area (Å²) in [7, 11) is 0. The number of hydrogen-bond acceptors (Lipinski definition) is 2. The van der Waals surface area contributed by atoms with Gasteiger partial charge in [0, 0.05) is 12.1 Å². The minimum absolute atomic E-state index is 0.157. The van der Waals surface area contributed by atoms with E-state index in [0.29, 0.717) is 18.7 Å². The van der Waals surface area contributed by atoms with Gasteiger partial charge in [-0.3, -0.25) is 0 Å². The number of ether oxygens (including phenoxy) is 1. The Balaban J connectivity index is 1.37. The van der Waals surface area contributed by atoms with Crippen molar-refractivity contribution in [2.75, 3.05) is 13.2 Å². The number of rotatable bonds is 6. The lowest BCUT2D eigenvalue weighted by molar-refractivity contribution is 0.236. The summed E-state index contributed by atoms with van der Waals surface area (Å²) in [5.74, 6) is 0.521. The van der Waals surface area contributed by atoms with Gasteiger partial charge in [-0.15, -0.1) is 0 Å². The van der Waals surface area contributed by atoms with Crippen LogP contribution in [0, 0.1) is 5.82 Å². The molecule has 0 atom stereocenters. The highest BCUT2D eigenvalue weighted by atomic mass is 19.1. The molecule has 0 heterocycles. The second-order valence-electron chi connectivity index (χ2n) is 6.19. The monoisotopic (exact) mass is 342 g/mol. The Morgan fingerprint density at radius 2 is 1.84 bits per heavy atom. The average molecular weight is 342 g/mol. The van der Waals surface area contributed by atoms with Gasteiger partial charge in [0.15, 0.2) is 0 Å². The molecule has 0 fully saturated rings. The van der Waals surface area contributed by atoms with E-state index in [9.17, 15) is 9.18 Å². The lowest BCUT2D eigenvalue weighted by Crippen LogP contribution is -2.37. The number of aryl methyl sites for hydroxylation is 2. The standard InChI is InChI=1S/C20H23FN2O2/c21-19-8-4-3-7-17(19)14-23-20(24)22-11-12-25-18-10-9-15-5-1-2-6-16(15)13-18/h3-4,7-10,13H,1-2,5-6,11-12,14H2,(H2,22,23,24). The summed E-state index contributed by atoms with van der Waals surface area (Å²) >= 11 is 0. The first-order valence-electron chi connectivity index (χ1n) is 8.72. The molecule has 5 heteroatoms. The van der Waals surface area contributed by atoms with Crippen molar-refractivity contribution >= 4 is 6.03 Å². The predicted octanol–water partition coefficient (Wildman–Crippen LogP) is 3.58. The van der Waals surface area contributed by atoms with E-state index >= 15 is 0 Å². The highest BCUT2D eigenvalue weighted by molar-refractivity contribution is 5.73. The molecule has 3 rings (SSSR count). The van der Waals surface area contributed by atoms with Crippen LogP contribution in [0.2, 0.25) is 0 Å². The largest absolute Gasteiger partial charge is 0.492 e. The van der Waals surface area contributed by atoms with Crippen LogP contribution >= 0.6 is 0 Å². The zero-order chi connectivity index (χ0) is 17.5. The molecule has 1 aliphatic carbocycles. The van der Waals surface area contributed by atoms with Gasteiger partial charge in [-0.2, -0.15) is 0 Å². The zero-order valence-corrected chi connectivity index (χ0v) is 14.2. The van der Waals surface area contributed by atoms with Crippen molar-refractivity contribution in [2.24, 2.45) is 0 Å². The minimum atomic E-state index is -0.336. The van der Waals surface area contributed by atoms with Gasteiger partial charge in [0.2, 0.25) is 0 Å². The van der Waals surface area contributed by atoms with Gasteiger partial charge in [0.1, 0.15) is 18.2 Å². The number of hydrogen-bond donors (Lipinski definition) is 2. The smallest absolute Gasteiger partial charge is 0.315 e. The molecule has 0 aliphatic heterocycles. The van der Waals surface area contributed by atoms with E-state index in [0.717, 1.165) is 18.6 Å². The average Bonchev–Trinajstić information content (AvgIpc) is 2.64. The van der Waals surface area contributed by atoms with Crippen molar-refractivity contribution in [1.82, 2.24) is 10.6 Å². The first-order valence-corrected chi connectivity index (χ1v) is 8.72. The van der Waals surface area contributed by atoms with Gasteiger partial charge in [-0.1, -0.05) is 24.3 Å². The van der Waals surface area contributed by atoms with Crippen molar-refractivity contribution in [3.63, 3.8) is 0 Å². The maximum atomic E-state index is 13.5. The third-order valence-corrected chi connectivity index (χ3v) is 4.37. The van der Waals surface area contributed by atoms with Gasteiger partial charge in [0.05, 0.1) is 6.54 Å². The Bertz CT molecular complexity index is 733. The van der Waals surface area contributed by atoms with Crippen LogP contribution in [0.3, 0.4) is 0 Å². The van der Waals surface area contributed by atoms with E-state index in [1.807, 2.05) is 6.07 Å². The number of carbonyl (C=O) groups excluding carboxylic acids is 1. The number of carbonyl (C=O) groups is 1. The molecule has 0 saturated heterocycles. The molecule has 0 unspecified atom stereocenters. The fourth-order valence-electron chi connectivity index (χ4n) is 3.01. The van der Waals surface area contributed by atoms with E-state index in [-0.39, 0.29) is 18.4 Å². The van der Waals surface area contributed by atoms with Crippen LogP contribution in [-0.4, -0.2) is 19.2 Å². The number of fused-ring (bicyclic) bond motifs is 1. The summed E-state index contributed by atoms with van der Waals surface area (Å²) in [5.41, 5.74) is 3.26. The van der Waals surface area contributed by atoms with Gasteiger partial charge in [0.25, 0.3) is 0 Å². The normalized spacial score (nSPS) is 13.0. The summed E-state index contributed by atoms with van der Waals surface area (Å²) in [6.45, 7) is 0.941. The first-order chi connectivity index (χ1) is 12.2. The van der Waals surface area contributed by atoms with Crippen LogP contribution in [0.4, 0.5) is 9.18 Å². The lowest BCUT2D eigenvalue weighted by Gasteiger charge is -2.17. The number of urea groups is 1. The molecule has 132 valence electrons. The van der Waals surface area contributed by atoms with Crippen molar-refractivity contribution in [2.45, 2.75) is 32.2 Å². The third kappa shape index (κ3) is 4.95. The van der Waals surface area contributed by atoms with Gasteiger partial charge in [-0.05, 0) is 55.0 Å². The summed E-state index contributed by atoms with van der Waals surface area (Å²) in [5, 5.41) is 5.34. The van der Waals surface area contributed by atoms with Gasteiger partial charge in [-0.25, -0.2) is 9.18 Å². The molecule has 0 spiro atoms. The molecule has 0 aromatic heterocycles. The third-order valence-electron chi connectivity index (χ3n) is 4.37. The summed E-state index contributed by atoms with van der Waals surface area (Å²) in [4.78, 5) is 11.7. The number of halogens is 1. The van der Waals surface area contributed by atoms with Crippen molar-refractivity contribution < 1.29 is 13.9 Å². The van der Waals surface area contributed by atoms with Gasteiger partial charge < -0.3 is 15.4 Å². The van der Waals surface area contributed by atoms with E-state index < -0.39 is 0 Å². The van der Waals surface area contributed by atoms with E-state index in [4.69, 9.17) is 4.74 Å². The maximum Gasteiger partial charge on any atom is 0.315 e. The number of benzene rings is 2. The topological polar surface area (TPSA) is 50.4 Å². The summed E-state index contributed by atoms with van der Waals surface area (Å²) < 4.78 is 19.2. The van der Waals surface area contributed by atoms with Crippen LogP contribution < -0.4 is 15.4 Å². The highest BCUT2D eigenvalue weighted by Gasteiger charge is 2.10. The maximum absolute atomic E-state index is 13.5. The number of amides is 2. The van der Waals surface area contributed by atoms with Crippen LogP contribution in [-0.2, 0) is 19.4 Å². The minimum Gasteiger partial charge on any atom is -0.492 e. The molecule has 0 radical (unpaired) electrons. The molecule has 1 aliphatic rings. The summed E-state index contributed by atoms with van der Waals surface area (Å²) in [6, 6.07) is 12.3. The number of nitrogens with one attached hydrogen (secondary N) is 2. The Kier molecular flexibility index (Phi) is 5.88. The fraction of sp³-hybridized carbons (Fsp3) is 0.350. The van der Waals surface area contributed by atoms with Gasteiger partial charge >= 0.3 is 6.03 Å². The van der Waals surface area contributed by atoms with Crippen LogP contribution in [0.25, 0.3) is 0 Å². The van der Waals surface area contributed by atoms with Crippen LogP contribution in [0.15, 0.2) is 42.5 Å². The van der Waals surface area contributed by atoms with Crippen molar-refractivity contribution in [3.05, 3.63) is 65.0 Å². The molecule has 25 heavy (non-hydrogen) atoms. The molecule has 2 N–H and O–H groups in total. The quantitative estimate of drug-likeness (QED) is 0.789. The molecule has 0 saturated carbocycles. The first kappa shape index (κ1) is 17.3. The Morgan fingerprint density at radius 3 is 2.68 bits per heavy atom. The van der Waals surface area contributed by atoms with Crippen LogP contribution in [0.5, 0.6) is 5.75 Å². The second-order valence-corrected chi connectivity index (χ2v) is 6.19.